The molecule has 4 aromatic rings. The highest BCUT2D eigenvalue weighted by Crippen LogP contribution is 2.34. The second kappa shape index (κ2) is 12.3. The van der Waals surface area contributed by atoms with E-state index in [-0.39, 0.29) is 24.3 Å². The molecule has 0 aliphatic heterocycles. The van der Waals surface area contributed by atoms with E-state index in [1.54, 1.807) is 11.8 Å². The standard InChI is InChI=1S/C33H37N3O3S/c1-33(2,3)39-29(37)23-36-28-18-11-10-17-27(28)34-32(36)40-22-12-21-35(26-19-20-26)31(38)30(24-13-6-4-7-14-24)25-15-8-5-9-16-25/h4-11,13-18,26,30H,12,19-23H2,1-3H3. The third-order valence-electron chi connectivity index (χ3n) is 6.88. The Morgan fingerprint density at radius 3 is 2.15 bits per heavy atom. The Bertz CT molecular complexity index is 1400. The van der Waals surface area contributed by atoms with Crippen molar-refractivity contribution >= 4 is 34.7 Å². The minimum absolute atomic E-state index is 0.114. The van der Waals surface area contributed by atoms with Crippen molar-refractivity contribution in [1.29, 1.82) is 0 Å². The van der Waals surface area contributed by atoms with Crippen LogP contribution in [0, 0.1) is 0 Å². The van der Waals surface area contributed by atoms with Crippen LogP contribution in [0.1, 0.15) is 57.1 Å². The lowest BCUT2D eigenvalue weighted by molar-refractivity contribution is -0.155. The quantitative estimate of drug-likeness (QED) is 0.117. The van der Waals surface area contributed by atoms with E-state index in [4.69, 9.17) is 9.72 Å². The van der Waals surface area contributed by atoms with Crippen molar-refractivity contribution in [3.63, 3.8) is 0 Å². The summed E-state index contributed by atoms with van der Waals surface area (Å²) in [5, 5.41) is 0.794. The van der Waals surface area contributed by atoms with Crippen molar-refractivity contribution in [2.75, 3.05) is 12.3 Å². The van der Waals surface area contributed by atoms with E-state index in [1.165, 1.54) is 0 Å². The van der Waals surface area contributed by atoms with Gasteiger partial charge in [-0.15, -0.1) is 0 Å². The van der Waals surface area contributed by atoms with Crippen LogP contribution in [0.5, 0.6) is 0 Å². The average molecular weight is 556 g/mol. The lowest BCUT2D eigenvalue weighted by Gasteiger charge is -2.28. The van der Waals surface area contributed by atoms with Crippen LogP contribution in [-0.2, 0) is 20.9 Å². The smallest absolute Gasteiger partial charge is 0.326 e. The first-order valence-corrected chi connectivity index (χ1v) is 15.0. The molecule has 7 heteroatoms. The van der Waals surface area contributed by atoms with Gasteiger partial charge in [0.1, 0.15) is 12.1 Å². The number of benzene rings is 3. The lowest BCUT2D eigenvalue weighted by atomic mass is 9.90. The van der Waals surface area contributed by atoms with Crippen molar-refractivity contribution < 1.29 is 14.3 Å². The SMILES string of the molecule is CC(C)(C)OC(=O)Cn1c(SCCCN(C(=O)C(c2ccccc2)c2ccccc2)C2CC2)nc2ccccc21. The molecule has 0 unspecified atom stereocenters. The summed E-state index contributed by atoms with van der Waals surface area (Å²) in [4.78, 5) is 33.6. The first-order chi connectivity index (χ1) is 19.3. The Labute approximate surface area is 240 Å². The molecule has 0 bridgehead atoms. The van der Waals surface area contributed by atoms with Gasteiger partial charge in [-0.1, -0.05) is 84.6 Å². The van der Waals surface area contributed by atoms with E-state index in [0.29, 0.717) is 12.6 Å². The summed E-state index contributed by atoms with van der Waals surface area (Å²) in [7, 11) is 0. The van der Waals surface area contributed by atoms with Crippen molar-refractivity contribution in [3.05, 3.63) is 96.1 Å². The van der Waals surface area contributed by atoms with E-state index in [2.05, 4.69) is 4.90 Å². The van der Waals surface area contributed by atoms with Crippen molar-refractivity contribution in [2.45, 2.75) is 69.3 Å². The molecule has 1 heterocycles. The largest absolute Gasteiger partial charge is 0.459 e. The monoisotopic (exact) mass is 555 g/mol. The van der Waals surface area contributed by atoms with Gasteiger partial charge in [-0.05, 0) is 63.3 Å². The zero-order valence-corrected chi connectivity index (χ0v) is 24.3. The van der Waals surface area contributed by atoms with Crippen LogP contribution < -0.4 is 0 Å². The molecule has 5 rings (SSSR count). The molecular weight excluding hydrogens is 518 g/mol. The molecule has 0 N–H and O–H groups in total. The molecule has 0 atom stereocenters. The number of carbonyl (C=O) groups excluding carboxylic acids is 2. The number of rotatable bonds is 11. The molecule has 1 aromatic heterocycles. The van der Waals surface area contributed by atoms with Gasteiger partial charge in [0.2, 0.25) is 5.91 Å². The topological polar surface area (TPSA) is 64.4 Å². The summed E-state index contributed by atoms with van der Waals surface area (Å²) >= 11 is 1.63. The van der Waals surface area contributed by atoms with Crippen LogP contribution in [0.4, 0.5) is 0 Å². The van der Waals surface area contributed by atoms with Crippen molar-refractivity contribution in [2.24, 2.45) is 0 Å². The molecule has 3 aromatic carbocycles. The van der Waals surface area contributed by atoms with E-state index < -0.39 is 5.60 Å². The van der Waals surface area contributed by atoms with Crippen LogP contribution in [0.15, 0.2) is 90.1 Å². The number of para-hydroxylation sites is 2. The van der Waals surface area contributed by atoms with Crippen molar-refractivity contribution in [1.82, 2.24) is 14.5 Å². The van der Waals surface area contributed by atoms with Crippen LogP contribution >= 0.6 is 11.8 Å². The number of nitrogens with zero attached hydrogens (tertiary/aromatic N) is 3. The Morgan fingerprint density at radius 2 is 1.55 bits per heavy atom. The molecule has 1 aliphatic carbocycles. The normalized spacial score (nSPS) is 13.5. The van der Waals surface area contributed by atoms with Gasteiger partial charge in [0, 0.05) is 18.3 Å². The number of thioether (sulfide) groups is 1. The maximum Gasteiger partial charge on any atom is 0.326 e. The molecule has 208 valence electrons. The number of hydrogen-bond donors (Lipinski definition) is 0. The second-order valence-electron chi connectivity index (χ2n) is 11.3. The second-order valence-corrected chi connectivity index (χ2v) is 12.3. The van der Waals surface area contributed by atoms with Gasteiger partial charge in [-0.3, -0.25) is 9.59 Å². The number of fused-ring (bicyclic) bond motifs is 1. The zero-order valence-electron chi connectivity index (χ0n) is 23.5. The molecular formula is C33H37N3O3S. The van der Waals surface area contributed by atoms with Crippen LogP contribution in [0.25, 0.3) is 11.0 Å². The lowest BCUT2D eigenvalue weighted by Crippen LogP contribution is -2.38. The molecule has 1 fully saturated rings. The van der Waals surface area contributed by atoms with Gasteiger partial charge in [-0.2, -0.15) is 0 Å². The summed E-state index contributed by atoms with van der Waals surface area (Å²) in [6.07, 6.45) is 2.95. The third kappa shape index (κ3) is 6.94. The summed E-state index contributed by atoms with van der Waals surface area (Å²) in [5.41, 5.74) is 3.28. The van der Waals surface area contributed by atoms with E-state index in [9.17, 15) is 9.59 Å². The summed E-state index contributed by atoms with van der Waals surface area (Å²) < 4.78 is 7.53. The highest BCUT2D eigenvalue weighted by Gasteiger charge is 2.36. The number of amides is 1. The first kappa shape index (κ1) is 28.0. The fourth-order valence-corrected chi connectivity index (χ4v) is 5.95. The van der Waals surface area contributed by atoms with Crippen molar-refractivity contribution in [3.8, 4) is 0 Å². The van der Waals surface area contributed by atoms with Crippen LogP contribution in [0.3, 0.4) is 0 Å². The maximum atomic E-state index is 14.0. The molecule has 0 spiro atoms. The number of esters is 1. The van der Waals surface area contributed by atoms with Crippen LogP contribution in [-0.4, -0.2) is 50.3 Å². The summed E-state index contributed by atoms with van der Waals surface area (Å²) in [5.74, 6) is 0.363. The fraction of sp³-hybridized carbons (Fsp3) is 0.364. The molecule has 0 saturated heterocycles. The Hall–Kier alpha value is -3.58. The average Bonchev–Trinajstić information content (AvgIpc) is 3.71. The minimum Gasteiger partial charge on any atom is -0.459 e. The van der Waals surface area contributed by atoms with E-state index >= 15 is 0 Å². The molecule has 1 aliphatic rings. The summed E-state index contributed by atoms with van der Waals surface area (Å²) in [6.45, 7) is 6.43. The number of hydrogen-bond acceptors (Lipinski definition) is 5. The van der Waals surface area contributed by atoms with Gasteiger partial charge >= 0.3 is 5.97 Å². The van der Waals surface area contributed by atoms with E-state index in [0.717, 1.165) is 52.3 Å². The summed E-state index contributed by atoms with van der Waals surface area (Å²) in [6, 6.07) is 28.3. The molecule has 1 amide bonds. The highest BCUT2D eigenvalue weighted by molar-refractivity contribution is 7.99. The Morgan fingerprint density at radius 1 is 0.950 bits per heavy atom. The predicted molar refractivity (Wildman–Crippen MR) is 160 cm³/mol. The predicted octanol–water partition coefficient (Wildman–Crippen LogP) is 6.68. The molecule has 1 saturated carbocycles. The Balaban J connectivity index is 1.28. The number of carbonyl (C=O) groups is 2. The molecule has 6 nitrogen and oxygen atoms in total. The highest BCUT2D eigenvalue weighted by atomic mass is 32.2. The zero-order chi connectivity index (χ0) is 28.1. The van der Waals surface area contributed by atoms with Gasteiger partial charge < -0.3 is 14.2 Å². The number of imidazole rings is 1. The van der Waals surface area contributed by atoms with Gasteiger partial charge in [0.05, 0.1) is 17.0 Å². The van der Waals surface area contributed by atoms with Gasteiger partial charge in [0.25, 0.3) is 0 Å². The molecule has 40 heavy (non-hydrogen) atoms. The molecule has 0 radical (unpaired) electrons. The number of aromatic nitrogens is 2. The number of ether oxygens (including phenoxy) is 1. The van der Waals surface area contributed by atoms with E-state index in [1.807, 2.05) is 110 Å². The van der Waals surface area contributed by atoms with Gasteiger partial charge in [0.15, 0.2) is 5.16 Å². The first-order valence-electron chi connectivity index (χ1n) is 14.0. The fourth-order valence-electron chi connectivity index (χ4n) is 5.01. The third-order valence-corrected chi connectivity index (χ3v) is 7.95. The Kier molecular flexibility index (Phi) is 8.60. The van der Waals surface area contributed by atoms with Crippen LogP contribution in [0.2, 0.25) is 0 Å². The minimum atomic E-state index is -0.545. The van der Waals surface area contributed by atoms with Gasteiger partial charge in [-0.25, -0.2) is 4.98 Å². The maximum absolute atomic E-state index is 14.0.